The van der Waals surface area contributed by atoms with Crippen LogP contribution in [0.2, 0.25) is 0 Å². The summed E-state index contributed by atoms with van der Waals surface area (Å²) in [6.45, 7) is 11.1. The molecule has 0 bridgehead atoms. The van der Waals surface area contributed by atoms with E-state index in [0.29, 0.717) is 11.5 Å². The van der Waals surface area contributed by atoms with Gasteiger partial charge in [-0.3, -0.25) is 4.98 Å². The number of pyridine rings is 2. The van der Waals surface area contributed by atoms with E-state index in [9.17, 15) is 0 Å². The molecular formula is C47H38BN5OPt. The normalized spacial score (nSPS) is 13.0. The third kappa shape index (κ3) is 5.51. The van der Waals surface area contributed by atoms with E-state index in [4.69, 9.17) is 14.7 Å². The molecular weight excluding hydrogens is 856 g/mol. The molecule has 55 heavy (non-hydrogen) atoms. The van der Waals surface area contributed by atoms with Crippen molar-refractivity contribution >= 4 is 73.1 Å². The van der Waals surface area contributed by atoms with E-state index in [1.165, 1.54) is 22.2 Å². The molecule has 0 unspecified atom stereocenters. The molecule has 6 nitrogen and oxygen atoms in total. The number of para-hydroxylation sites is 2. The first-order valence-corrected chi connectivity index (χ1v) is 18.5. The Morgan fingerprint density at radius 3 is 2.15 bits per heavy atom. The van der Waals surface area contributed by atoms with Gasteiger partial charge in [-0.25, -0.2) is 4.98 Å². The maximum Gasteiger partial charge on any atom is 2.00 e. The number of hydrogen-bond acceptors (Lipinski definition) is 4. The zero-order valence-electron chi connectivity index (χ0n) is 31.6. The van der Waals surface area contributed by atoms with Crippen LogP contribution in [0.3, 0.4) is 0 Å². The molecule has 5 aromatic carbocycles. The van der Waals surface area contributed by atoms with Crippen LogP contribution >= 0.6 is 0 Å². The number of imidazole rings is 1. The SMILES string of the molecule is Cc1cccc(C)c1B1c2c(nc3c4[c-]c(Oc5[c-]c6c(cc5)c5ccccc5n6-c5cc(C(C)(C)C)ccn5)ccc4c4ccccc4n23)C=CN1C.[Pt+2]. The molecule has 10 rings (SSSR count). The molecule has 5 heterocycles. The average Bonchev–Trinajstić information content (AvgIpc) is 3.72. The van der Waals surface area contributed by atoms with Crippen LogP contribution in [0.1, 0.15) is 43.2 Å². The predicted octanol–water partition coefficient (Wildman–Crippen LogP) is 9.46. The predicted molar refractivity (Wildman–Crippen MR) is 223 cm³/mol. The van der Waals surface area contributed by atoms with Gasteiger partial charge in [0.05, 0.1) is 11.3 Å². The van der Waals surface area contributed by atoms with E-state index >= 15 is 0 Å². The van der Waals surface area contributed by atoms with Crippen LogP contribution in [0, 0.1) is 26.0 Å². The molecule has 8 heteroatoms. The van der Waals surface area contributed by atoms with Crippen molar-refractivity contribution in [1.82, 2.24) is 23.7 Å². The summed E-state index contributed by atoms with van der Waals surface area (Å²) in [4.78, 5) is 12.5. The molecule has 0 amide bonds. The summed E-state index contributed by atoms with van der Waals surface area (Å²) >= 11 is 0. The zero-order valence-corrected chi connectivity index (χ0v) is 33.9. The van der Waals surface area contributed by atoms with Crippen molar-refractivity contribution < 1.29 is 25.8 Å². The second-order valence-electron chi connectivity index (χ2n) is 15.6. The second kappa shape index (κ2) is 13.0. The molecule has 0 fully saturated rings. The molecule has 0 spiro atoms. The van der Waals surface area contributed by atoms with E-state index in [2.05, 4.69) is 171 Å². The molecule has 1 aliphatic rings. The Morgan fingerprint density at radius 2 is 1.40 bits per heavy atom. The van der Waals surface area contributed by atoms with E-state index in [1.54, 1.807) is 0 Å². The molecule has 0 N–H and O–H groups in total. The molecule has 0 saturated carbocycles. The Hall–Kier alpha value is -5.65. The molecule has 0 saturated heterocycles. The first kappa shape index (κ1) is 35.1. The number of nitrogens with zero attached hydrogens (tertiary/aromatic N) is 5. The summed E-state index contributed by atoms with van der Waals surface area (Å²) in [5.74, 6) is 2.06. The number of rotatable bonds is 4. The summed E-state index contributed by atoms with van der Waals surface area (Å²) in [6.07, 6.45) is 6.17. The minimum atomic E-state index is -0.0161. The largest absolute Gasteiger partial charge is 2.00 e. The standard InChI is InChI=1S/C47H38BN5O.Pt/c1-29-12-11-13-30(2)44(29)48-45-39(23-25-51(48)6)50-46-38-27-32(18-20-34(38)35-14-7-10-17-41(35)53(45)46)54-33-19-21-37-36-15-8-9-16-40(36)52(42(37)28-33)43-26-31(22-24-49-43)47(3,4)5;/h7-26H,1-6H3;/q-2;+2. The number of benzene rings is 5. The van der Waals surface area contributed by atoms with Crippen molar-refractivity contribution in [2.75, 3.05) is 7.05 Å². The maximum atomic E-state index is 6.66. The van der Waals surface area contributed by atoms with E-state index in [1.807, 2.05) is 18.3 Å². The van der Waals surface area contributed by atoms with E-state index < -0.39 is 0 Å². The fraction of sp³-hybridized carbons (Fsp3) is 0.149. The second-order valence-corrected chi connectivity index (χ2v) is 15.6. The fourth-order valence-corrected chi connectivity index (χ4v) is 8.44. The average molecular weight is 895 g/mol. The topological polar surface area (TPSA) is 47.6 Å². The Labute approximate surface area is 335 Å². The molecule has 4 aromatic heterocycles. The molecule has 0 radical (unpaired) electrons. The van der Waals surface area contributed by atoms with Gasteiger partial charge < -0.3 is 18.5 Å². The number of ether oxygens (including phenoxy) is 1. The minimum absolute atomic E-state index is 0. The van der Waals surface area contributed by atoms with Gasteiger partial charge in [0.2, 0.25) is 0 Å². The Kier molecular flexibility index (Phi) is 8.29. The molecule has 0 aliphatic carbocycles. The molecule has 0 atom stereocenters. The van der Waals surface area contributed by atoms with Crippen molar-refractivity contribution in [2.24, 2.45) is 0 Å². The van der Waals surface area contributed by atoms with Crippen molar-refractivity contribution in [2.45, 2.75) is 40.0 Å². The number of hydrogen-bond donors (Lipinski definition) is 0. The van der Waals surface area contributed by atoms with Crippen LogP contribution in [0.4, 0.5) is 0 Å². The third-order valence-corrected chi connectivity index (χ3v) is 11.1. The van der Waals surface area contributed by atoms with Gasteiger partial charge in [-0.2, -0.15) is 6.07 Å². The zero-order chi connectivity index (χ0) is 36.9. The summed E-state index contributed by atoms with van der Waals surface area (Å²) in [6, 6.07) is 43.4. The van der Waals surface area contributed by atoms with Gasteiger partial charge in [0.25, 0.3) is 0 Å². The van der Waals surface area contributed by atoms with Crippen LogP contribution < -0.4 is 15.8 Å². The Bertz CT molecular complexity index is 3010. The van der Waals surface area contributed by atoms with Gasteiger partial charge in [0.1, 0.15) is 5.82 Å². The van der Waals surface area contributed by atoms with Crippen molar-refractivity contribution in [1.29, 1.82) is 0 Å². The van der Waals surface area contributed by atoms with Gasteiger partial charge in [-0.1, -0.05) is 109 Å². The van der Waals surface area contributed by atoms with Crippen molar-refractivity contribution in [3.8, 4) is 17.3 Å². The quantitative estimate of drug-likeness (QED) is 0.100. The number of aryl methyl sites for hydroxylation is 2. The Morgan fingerprint density at radius 1 is 0.727 bits per heavy atom. The van der Waals surface area contributed by atoms with Gasteiger partial charge >= 0.3 is 27.9 Å². The van der Waals surface area contributed by atoms with Gasteiger partial charge in [0, 0.05) is 34.3 Å². The van der Waals surface area contributed by atoms with Crippen LogP contribution in [0.5, 0.6) is 11.5 Å². The van der Waals surface area contributed by atoms with Crippen molar-refractivity contribution in [3.05, 3.63) is 150 Å². The molecule has 1 aliphatic heterocycles. The number of aromatic nitrogens is 4. The monoisotopic (exact) mass is 894 g/mol. The number of fused-ring (bicyclic) bond motifs is 11. The van der Waals surface area contributed by atoms with E-state index in [0.717, 1.165) is 66.2 Å². The summed E-state index contributed by atoms with van der Waals surface area (Å²) in [5.41, 5.74) is 11.1. The maximum absolute atomic E-state index is 6.66. The van der Waals surface area contributed by atoms with Gasteiger partial charge in [-0.05, 0) is 84.7 Å². The van der Waals surface area contributed by atoms with Gasteiger partial charge in [-0.15, -0.1) is 29.7 Å². The Balaban J connectivity index is 0.00000397. The molecule has 270 valence electrons. The molecule has 9 aromatic rings. The third-order valence-electron chi connectivity index (χ3n) is 11.1. The van der Waals surface area contributed by atoms with Crippen LogP contribution in [0.25, 0.3) is 61.0 Å². The van der Waals surface area contributed by atoms with Crippen LogP contribution in [0.15, 0.2) is 116 Å². The van der Waals surface area contributed by atoms with Crippen LogP contribution in [-0.4, -0.2) is 37.6 Å². The summed E-state index contributed by atoms with van der Waals surface area (Å²) < 4.78 is 11.2. The minimum Gasteiger partial charge on any atom is -0.503 e. The summed E-state index contributed by atoms with van der Waals surface area (Å²) in [5, 5.41) is 5.37. The fourth-order valence-electron chi connectivity index (χ4n) is 8.44. The summed E-state index contributed by atoms with van der Waals surface area (Å²) in [7, 11) is 2.15. The van der Waals surface area contributed by atoms with E-state index in [-0.39, 0.29) is 33.3 Å². The van der Waals surface area contributed by atoms with Gasteiger partial charge in [0.15, 0.2) is 0 Å². The smallest absolute Gasteiger partial charge is 0.503 e. The van der Waals surface area contributed by atoms with Crippen LogP contribution in [-0.2, 0) is 26.5 Å². The first-order chi connectivity index (χ1) is 26.2. The van der Waals surface area contributed by atoms with Crippen molar-refractivity contribution in [3.63, 3.8) is 0 Å². The first-order valence-electron chi connectivity index (χ1n) is 18.5.